The summed E-state index contributed by atoms with van der Waals surface area (Å²) in [6.07, 6.45) is 3.92. The number of nitrogens with one attached hydrogen (secondary N) is 1. The maximum absolute atomic E-state index is 12.0. The molecule has 0 aromatic carbocycles. The number of rotatable bonds is 3. The zero-order chi connectivity index (χ0) is 15.1. The molecule has 4 heterocycles. The minimum absolute atomic E-state index is 0.190. The van der Waals surface area contributed by atoms with Crippen molar-refractivity contribution >= 4 is 39.3 Å². The summed E-state index contributed by atoms with van der Waals surface area (Å²) in [5.41, 5.74) is 0.375. The van der Waals surface area contributed by atoms with E-state index in [-0.39, 0.29) is 5.56 Å². The number of nitrogens with zero attached hydrogens (tertiary/aromatic N) is 6. The molecule has 8 nitrogen and oxygen atoms in total. The molecule has 22 heavy (non-hydrogen) atoms. The van der Waals surface area contributed by atoms with Gasteiger partial charge in [0.2, 0.25) is 5.13 Å². The predicted molar refractivity (Wildman–Crippen MR) is 84.6 cm³/mol. The Labute approximate surface area is 133 Å². The first kappa shape index (κ1) is 13.7. The van der Waals surface area contributed by atoms with Crippen molar-refractivity contribution in [3.8, 4) is 0 Å². The van der Waals surface area contributed by atoms with Crippen LogP contribution in [0.1, 0.15) is 12.8 Å². The molecule has 0 atom stereocenters. The maximum atomic E-state index is 12.0. The first-order valence-electron chi connectivity index (χ1n) is 6.89. The molecule has 0 spiro atoms. The van der Waals surface area contributed by atoms with Crippen LogP contribution in [0.5, 0.6) is 0 Å². The maximum Gasteiger partial charge on any atom is 0.262 e. The summed E-state index contributed by atoms with van der Waals surface area (Å²) >= 11 is 2.84. The second-order valence-electron chi connectivity index (χ2n) is 5.02. The van der Waals surface area contributed by atoms with Gasteiger partial charge in [-0.05, 0) is 24.6 Å². The Balaban J connectivity index is 1.63. The number of hydrogen-bond donors (Lipinski definition) is 1. The van der Waals surface area contributed by atoms with Crippen LogP contribution >= 0.6 is 23.1 Å². The van der Waals surface area contributed by atoms with Crippen molar-refractivity contribution in [2.45, 2.75) is 22.3 Å². The van der Waals surface area contributed by atoms with Crippen LogP contribution in [-0.4, -0.2) is 43.0 Å². The van der Waals surface area contributed by atoms with Crippen LogP contribution in [0, 0.1) is 0 Å². The Bertz CT molecular complexity index is 877. The fourth-order valence-electron chi connectivity index (χ4n) is 2.42. The molecule has 1 N–H and O–H groups in total. The average Bonchev–Trinajstić information content (AvgIpc) is 3.20. The summed E-state index contributed by atoms with van der Waals surface area (Å²) in [6, 6.07) is 0. The SMILES string of the molecule is Cn1ncc2c(=O)[nH]c(Sc3nnc(N4CCCC4)s3)nc21. The van der Waals surface area contributed by atoms with Crippen molar-refractivity contribution in [2.75, 3.05) is 18.0 Å². The van der Waals surface area contributed by atoms with E-state index in [2.05, 4.69) is 30.2 Å². The van der Waals surface area contributed by atoms with Gasteiger partial charge in [0.15, 0.2) is 15.1 Å². The largest absolute Gasteiger partial charge is 0.347 e. The molecule has 0 bridgehead atoms. The average molecular weight is 335 g/mol. The normalized spacial score (nSPS) is 15.0. The number of aromatic nitrogens is 6. The highest BCUT2D eigenvalue weighted by molar-refractivity contribution is 8.00. The number of anilines is 1. The quantitative estimate of drug-likeness (QED) is 0.720. The van der Waals surface area contributed by atoms with E-state index in [9.17, 15) is 4.79 Å². The Morgan fingerprint density at radius 1 is 1.32 bits per heavy atom. The van der Waals surface area contributed by atoms with Crippen molar-refractivity contribution in [1.29, 1.82) is 0 Å². The zero-order valence-electron chi connectivity index (χ0n) is 11.8. The fourth-order valence-corrected chi connectivity index (χ4v) is 4.20. The van der Waals surface area contributed by atoms with Crippen LogP contribution in [0.3, 0.4) is 0 Å². The first-order chi connectivity index (χ1) is 10.7. The van der Waals surface area contributed by atoms with Gasteiger partial charge in [-0.3, -0.25) is 9.48 Å². The standard InChI is InChI=1S/C12H13N7OS2/c1-18-8-7(6-13-18)9(20)15-10(14-8)21-12-17-16-11(22-12)19-4-2-3-5-19/h6H,2-5H2,1H3,(H,14,15,20). The van der Waals surface area contributed by atoms with Crippen molar-refractivity contribution in [1.82, 2.24) is 29.9 Å². The lowest BCUT2D eigenvalue weighted by molar-refractivity contribution is 0.776. The van der Waals surface area contributed by atoms with Crippen molar-refractivity contribution < 1.29 is 0 Å². The van der Waals surface area contributed by atoms with Crippen molar-refractivity contribution in [3.63, 3.8) is 0 Å². The molecule has 1 saturated heterocycles. The zero-order valence-corrected chi connectivity index (χ0v) is 13.4. The van der Waals surface area contributed by atoms with E-state index in [1.165, 1.54) is 42.1 Å². The summed E-state index contributed by atoms with van der Waals surface area (Å²) in [5, 5.41) is 14.4. The van der Waals surface area contributed by atoms with Gasteiger partial charge in [-0.1, -0.05) is 11.3 Å². The molecule has 10 heteroatoms. The lowest BCUT2D eigenvalue weighted by Gasteiger charge is -2.10. The van der Waals surface area contributed by atoms with Crippen LogP contribution in [0.15, 0.2) is 20.5 Å². The molecule has 1 fully saturated rings. The van der Waals surface area contributed by atoms with E-state index in [1.807, 2.05) is 0 Å². The van der Waals surface area contributed by atoms with Gasteiger partial charge in [0.25, 0.3) is 5.56 Å². The summed E-state index contributed by atoms with van der Waals surface area (Å²) in [6.45, 7) is 2.07. The monoisotopic (exact) mass is 335 g/mol. The van der Waals surface area contributed by atoms with E-state index < -0.39 is 0 Å². The van der Waals surface area contributed by atoms with Crippen molar-refractivity contribution in [3.05, 3.63) is 16.6 Å². The van der Waals surface area contributed by atoms with E-state index in [0.29, 0.717) is 16.2 Å². The molecule has 3 aromatic heterocycles. The molecule has 0 unspecified atom stereocenters. The van der Waals surface area contributed by atoms with Crippen LogP contribution < -0.4 is 10.5 Å². The number of aryl methyl sites for hydroxylation is 1. The molecule has 1 aliphatic rings. The highest BCUT2D eigenvalue weighted by Crippen LogP contribution is 2.32. The summed E-state index contributed by atoms with van der Waals surface area (Å²) in [4.78, 5) is 21.4. The molecule has 4 rings (SSSR count). The van der Waals surface area contributed by atoms with Gasteiger partial charge >= 0.3 is 0 Å². The Hall–Kier alpha value is -1.94. The minimum atomic E-state index is -0.190. The Morgan fingerprint density at radius 2 is 2.14 bits per heavy atom. The third-order valence-corrected chi connectivity index (χ3v) is 5.46. The molecule has 0 amide bonds. The molecule has 0 radical (unpaired) electrons. The molecular weight excluding hydrogens is 322 g/mol. The van der Waals surface area contributed by atoms with Crippen LogP contribution in [0.25, 0.3) is 11.0 Å². The van der Waals surface area contributed by atoms with Gasteiger partial charge in [-0.25, -0.2) is 4.98 Å². The van der Waals surface area contributed by atoms with E-state index >= 15 is 0 Å². The Kier molecular flexibility index (Phi) is 3.34. The third kappa shape index (κ3) is 2.37. The summed E-state index contributed by atoms with van der Waals surface area (Å²) in [7, 11) is 1.76. The van der Waals surface area contributed by atoms with Crippen LogP contribution in [0.4, 0.5) is 5.13 Å². The molecule has 3 aromatic rings. The highest BCUT2D eigenvalue weighted by Gasteiger charge is 2.18. The summed E-state index contributed by atoms with van der Waals surface area (Å²) < 4.78 is 2.36. The number of hydrogen-bond acceptors (Lipinski definition) is 8. The number of fused-ring (bicyclic) bond motifs is 1. The van der Waals surface area contributed by atoms with Gasteiger partial charge in [0.1, 0.15) is 5.39 Å². The smallest absolute Gasteiger partial charge is 0.262 e. The molecule has 0 aliphatic carbocycles. The molecule has 0 saturated carbocycles. The molecule has 1 aliphatic heterocycles. The number of aromatic amines is 1. The topological polar surface area (TPSA) is 92.6 Å². The molecule has 114 valence electrons. The van der Waals surface area contributed by atoms with E-state index in [0.717, 1.165) is 22.6 Å². The molecular formula is C12H13N7OS2. The second kappa shape index (κ2) is 5.36. The highest BCUT2D eigenvalue weighted by atomic mass is 32.2. The van der Waals surface area contributed by atoms with Crippen LogP contribution in [0.2, 0.25) is 0 Å². The van der Waals surface area contributed by atoms with Gasteiger partial charge in [0, 0.05) is 20.1 Å². The third-order valence-electron chi connectivity index (χ3n) is 3.54. The lowest BCUT2D eigenvalue weighted by atomic mass is 10.4. The van der Waals surface area contributed by atoms with Crippen LogP contribution in [-0.2, 0) is 7.05 Å². The van der Waals surface area contributed by atoms with Crippen molar-refractivity contribution in [2.24, 2.45) is 7.05 Å². The first-order valence-corrected chi connectivity index (χ1v) is 8.52. The van der Waals surface area contributed by atoms with Gasteiger partial charge in [-0.15, -0.1) is 10.2 Å². The van der Waals surface area contributed by atoms with Gasteiger partial charge in [-0.2, -0.15) is 5.10 Å². The van der Waals surface area contributed by atoms with Gasteiger partial charge < -0.3 is 9.88 Å². The predicted octanol–water partition coefficient (Wildman–Crippen LogP) is 1.26. The van der Waals surface area contributed by atoms with Gasteiger partial charge in [0.05, 0.1) is 6.20 Å². The second-order valence-corrected chi connectivity index (χ2v) is 7.22. The fraction of sp³-hybridized carbons (Fsp3) is 0.417. The van der Waals surface area contributed by atoms with E-state index in [1.54, 1.807) is 11.7 Å². The summed E-state index contributed by atoms with van der Waals surface area (Å²) in [5.74, 6) is 0. The lowest BCUT2D eigenvalue weighted by Crippen LogP contribution is -2.17. The van der Waals surface area contributed by atoms with E-state index in [4.69, 9.17) is 0 Å². The minimum Gasteiger partial charge on any atom is -0.347 e. The number of H-pyrrole nitrogens is 1. The Morgan fingerprint density at radius 3 is 2.95 bits per heavy atom.